The Morgan fingerprint density at radius 1 is 1.45 bits per heavy atom. The molecule has 1 heterocycles. The minimum atomic E-state index is -0.226. The van der Waals surface area contributed by atoms with E-state index in [2.05, 4.69) is 15.5 Å². The summed E-state index contributed by atoms with van der Waals surface area (Å²) in [5, 5.41) is 6.03. The van der Waals surface area contributed by atoms with Gasteiger partial charge in [-0.05, 0) is 56.6 Å². The predicted molar refractivity (Wildman–Crippen MR) is 88.7 cm³/mol. The summed E-state index contributed by atoms with van der Waals surface area (Å²) in [4.78, 5) is 14.1. The number of likely N-dealkylation sites (tertiary alicyclic amines) is 1. The summed E-state index contributed by atoms with van der Waals surface area (Å²) in [6.07, 6.45) is 1.14. The molecular formula is C16H25ClFN3O. The van der Waals surface area contributed by atoms with Crippen molar-refractivity contribution in [2.24, 2.45) is 5.92 Å². The van der Waals surface area contributed by atoms with Gasteiger partial charge in [0.1, 0.15) is 5.82 Å². The van der Waals surface area contributed by atoms with E-state index in [0.29, 0.717) is 24.6 Å². The van der Waals surface area contributed by atoms with Crippen LogP contribution in [-0.4, -0.2) is 44.0 Å². The quantitative estimate of drug-likeness (QED) is 0.835. The highest BCUT2D eigenvalue weighted by Crippen LogP contribution is 2.14. The fraction of sp³-hybridized carbons (Fsp3) is 0.562. The fourth-order valence-corrected chi connectivity index (χ4v) is 2.72. The van der Waals surface area contributed by atoms with Crippen molar-refractivity contribution < 1.29 is 9.18 Å². The van der Waals surface area contributed by atoms with Crippen LogP contribution in [0.5, 0.6) is 0 Å². The number of aryl methyl sites for hydroxylation is 1. The summed E-state index contributed by atoms with van der Waals surface area (Å²) in [5.74, 6) is 0.409. The van der Waals surface area contributed by atoms with Gasteiger partial charge in [0.15, 0.2) is 0 Å². The highest BCUT2D eigenvalue weighted by molar-refractivity contribution is 5.85. The van der Waals surface area contributed by atoms with Crippen LogP contribution in [0.25, 0.3) is 0 Å². The Hall–Kier alpha value is -1.17. The van der Waals surface area contributed by atoms with Crippen molar-refractivity contribution in [2.45, 2.75) is 19.9 Å². The average Bonchev–Trinajstić information content (AvgIpc) is 2.88. The summed E-state index contributed by atoms with van der Waals surface area (Å²) in [7, 11) is 1.95. The smallest absolute Gasteiger partial charge is 0.234 e. The van der Waals surface area contributed by atoms with Crippen molar-refractivity contribution in [3.8, 4) is 0 Å². The Morgan fingerprint density at radius 3 is 2.91 bits per heavy atom. The lowest BCUT2D eigenvalue weighted by atomic mass is 10.1. The first-order valence-electron chi connectivity index (χ1n) is 7.47. The van der Waals surface area contributed by atoms with Crippen LogP contribution >= 0.6 is 12.4 Å². The van der Waals surface area contributed by atoms with Crippen LogP contribution in [0, 0.1) is 18.7 Å². The predicted octanol–water partition coefficient (Wildman–Crippen LogP) is 1.71. The van der Waals surface area contributed by atoms with Crippen molar-refractivity contribution >= 4 is 18.3 Å². The summed E-state index contributed by atoms with van der Waals surface area (Å²) >= 11 is 0. The molecule has 1 unspecified atom stereocenters. The summed E-state index contributed by atoms with van der Waals surface area (Å²) in [5.41, 5.74) is 1.42. The lowest BCUT2D eigenvalue weighted by molar-refractivity contribution is -0.122. The number of carbonyl (C=O) groups excluding carboxylic acids is 1. The number of amides is 1. The molecule has 1 aromatic carbocycles. The number of hydrogen-bond acceptors (Lipinski definition) is 3. The van der Waals surface area contributed by atoms with Crippen LogP contribution in [0.15, 0.2) is 18.2 Å². The zero-order chi connectivity index (χ0) is 15.2. The molecule has 1 aromatic rings. The molecule has 1 aliphatic rings. The molecule has 2 rings (SSSR count). The van der Waals surface area contributed by atoms with Crippen LogP contribution in [-0.2, 0) is 11.3 Å². The average molecular weight is 330 g/mol. The third-order valence-corrected chi connectivity index (χ3v) is 3.96. The summed E-state index contributed by atoms with van der Waals surface area (Å²) < 4.78 is 13.4. The first-order valence-corrected chi connectivity index (χ1v) is 7.47. The van der Waals surface area contributed by atoms with E-state index in [9.17, 15) is 9.18 Å². The lowest BCUT2D eigenvalue weighted by Crippen LogP contribution is -2.36. The van der Waals surface area contributed by atoms with Crippen LogP contribution in [0.4, 0.5) is 4.39 Å². The van der Waals surface area contributed by atoms with Gasteiger partial charge in [-0.2, -0.15) is 0 Å². The fourth-order valence-electron chi connectivity index (χ4n) is 2.72. The van der Waals surface area contributed by atoms with Crippen LogP contribution in [0.2, 0.25) is 0 Å². The van der Waals surface area contributed by atoms with E-state index in [1.807, 2.05) is 13.1 Å². The van der Waals surface area contributed by atoms with E-state index >= 15 is 0 Å². The number of rotatable bonds is 6. The standard InChI is InChI=1S/C16H24FN3O.ClH/c1-12-3-4-13(7-15(12)17)9-19-16(21)11-20-6-5-14(10-20)8-18-2;/h3-4,7,14,18H,5-6,8-11H2,1-2H3,(H,19,21);1H. The van der Waals surface area contributed by atoms with Gasteiger partial charge in [-0.1, -0.05) is 12.1 Å². The van der Waals surface area contributed by atoms with E-state index in [-0.39, 0.29) is 24.1 Å². The molecule has 124 valence electrons. The SMILES string of the molecule is CNCC1CCN(CC(=O)NCc2ccc(C)c(F)c2)C1.Cl. The summed E-state index contributed by atoms with van der Waals surface area (Å²) in [6, 6.07) is 5.06. The molecule has 0 bridgehead atoms. The highest BCUT2D eigenvalue weighted by Gasteiger charge is 2.23. The molecule has 1 aliphatic heterocycles. The van der Waals surface area contributed by atoms with Crippen molar-refractivity contribution in [3.63, 3.8) is 0 Å². The first-order chi connectivity index (χ1) is 10.1. The third-order valence-electron chi connectivity index (χ3n) is 3.96. The molecule has 0 aliphatic carbocycles. The van der Waals surface area contributed by atoms with Crippen molar-refractivity contribution in [1.82, 2.24) is 15.5 Å². The second kappa shape index (κ2) is 9.08. The lowest BCUT2D eigenvalue weighted by Gasteiger charge is -2.15. The molecular weight excluding hydrogens is 305 g/mol. The minimum Gasteiger partial charge on any atom is -0.351 e. The highest BCUT2D eigenvalue weighted by atomic mass is 35.5. The van der Waals surface area contributed by atoms with Gasteiger partial charge < -0.3 is 10.6 Å². The van der Waals surface area contributed by atoms with Crippen molar-refractivity contribution in [3.05, 3.63) is 35.1 Å². The number of benzene rings is 1. The maximum Gasteiger partial charge on any atom is 0.234 e. The van der Waals surface area contributed by atoms with Gasteiger partial charge in [0.2, 0.25) is 5.91 Å². The summed E-state index contributed by atoms with van der Waals surface area (Å²) in [6.45, 7) is 5.47. The number of nitrogens with zero attached hydrogens (tertiary/aromatic N) is 1. The van der Waals surface area contributed by atoms with Crippen LogP contribution < -0.4 is 10.6 Å². The molecule has 0 spiro atoms. The first kappa shape index (κ1) is 18.9. The molecule has 0 saturated carbocycles. The monoisotopic (exact) mass is 329 g/mol. The molecule has 2 N–H and O–H groups in total. The number of nitrogens with one attached hydrogen (secondary N) is 2. The molecule has 1 amide bonds. The molecule has 1 fully saturated rings. The Morgan fingerprint density at radius 2 is 2.23 bits per heavy atom. The molecule has 0 aromatic heterocycles. The van der Waals surface area contributed by atoms with E-state index in [4.69, 9.17) is 0 Å². The van der Waals surface area contributed by atoms with Crippen molar-refractivity contribution in [2.75, 3.05) is 33.2 Å². The molecule has 4 nitrogen and oxygen atoms in total. The maximum absolute atomic E-state index is 13.4. The van der Waals surface area contributed by atoms with Crippen LogP contribution in [0.3, 0.4) is 0 Å². The van der Waals surface area contributed by atoms with E-state index in [1.54, 1.807) is 13.0 Å². The number of hydrogen-bond donors (Lipinski definition) is 2. The van der Waals surface area contributed by atoms with Gasteiger partial charge in [-0.15, -0.1) is 12.4 Å². The van der Waals surface area contributed by atoms with Gasteiger partial charge in [-0.3, -0.25) is 9.69 Å². The minimum absolute atomic E-state index is 0. The normalized spacial score (nSPS) is 18.0. The topological polar surface area (TPSA) is 44.4 Å². The number of halogens is 2. The van der Waals surface area contributed by atoms with Gasteiger partial charge in [0, 0.05) is 13.1 Å². The van der Waals surface area contributed by atoms with E-state index < -0.39 is 0 Å². The Kier molecular flexibility index (Phi) is 7.79. The molecule has 1 saturated heterocycles. The van der Waals surface area contributed by atoms with E-state index in [0.717, 1.165) is 31.6 Å². The van der Waals surface area contributed by atoms with Gasteiger partial charge >= 0.3 is 0 Å². The third kappa shape index (κ3) is 5.55. The molecule has 0 radical (unpaired) electrons. The molecule has 22 heavy (non-hydrogen) atoms. The maximum atomic E-state index is 13.4. The Bertz CT molecular complexity index is 498. The van der Waals surface area contributed by atoms with Gasteiger partial charge in [-0.25, -0.2) is 4.39 Å². The Balaban J connectivity index is 0.00000242. The second-order valence-electron chi connectivity index (χ2n) is 5.81. The molecule has 6 heteroatoms. The zero-order valence-corrected chi connectivity index (χ0v) is 14.0. The van der Waals surface area contributed by atoms with Crippen LogP contribution in [0.1, 0.15) is 17.5 Å². The zero-order valence-electron chi connectivity index (χ0n) is 13.2. The van der Waals surface area contributed by atoms with E-state index in [1.165, 1.54) is 6.07 Å². The number of carbonyl (C=O) groups is 1. The second-order valence-corrected chi connectivity index (χ2v) is 5.81. The Labute approximate surface area is 137 Å². The van der Waals surface area contributed by atoms with Gasteiger partial charge in [0.25, 0.3) is 0 Å². The molecule has 1 atom stereocenters. The van der Waals surface area contributed by atoms with Crippen molar-refractivity contribution in [1.29, 1.82) is 0 Å². The van der Waals surface area contributed by atoms with Gasteiger partial charge in [0.05, 0.1) is 6.54 Å². The largest absolute Gasteiger partial charge is 0.351 e.